The molecule has 2 rings (SSSR count). The average Bonchev–Trinajstić information content (AvgIpc) is 2.23. The van der Waals surface area contributed by atoms with E-state index in [1.54, 1.807) is 0 Å². The van der Waals surface area contributed by atoms with Crippen LogP contribution in [0.2, 0.25) is 5.02 Å². The van der Waals surface area contributed by atoms with Crippen molar-refractivity contribution >= 4 is 39.3 Å². The SMILES string of the molecule is CC1CNC(c2cc(Br)ccc2Cl)SC1. The smallest absolute Gasteiger partial charge is 0.0804 e. The van der Waals surface area contributed by atoms with Crippen molar-refractivity contribution in [3.63, 3.8) is 0 Å². The van der Waals surface area contributed by atoms with Gasteiger partial charge in [0.2, 0.25) is 0 Å². The fourth-order valence-corrected chi connectivity index (χ4v) is 3.50. The third-order valence-electron chi connectivity index (χ3n) is 2.44. The van der Waals surface area contributed by atoms with Crippen LogP contribution < -0.4 is 5.32 Å². The van der Waals surface area contributed by atoms with E-state index in [4.69, 9.17) is 11.6 Å². The van der Waals surface area contributed by atoms with Gasteiger partial charge in [0.05, 0.1) is 5.37 Å². The Morgan fingerprint density at radius 1 is 1.53 bits per heavy atom. The summed E-state index contributed by atoms with van der Waals surface area (Å²) in [5.41, 5.74) is 1.18. The molecule has 0 amide bonds. The quantitative estimate of drug-likeness (QED) is 0.839. The number of hydrogen-bond acceptors (Lipinski definition) is 2. The number of halogens is 2. The maximum atomic E-state index is 6.19. The molecular weight excluding hydrogens is 294 g/mol. The second kappa shape index (κ2) is 5.09. The normalized spacial score (nSPS) is 26.6. The Bertz CT molecular complexity index is 350. The molecule has 4 heteroatoms. The van der Waals surface area contributed by atoms with Crippen LogP contribution in [0.15, 0.2) is 22.7 Å². The van der Waals surface area contributed by atoms with Gasteiger partial charge in [-0.25, -0.2) is 0 Å². The molecule has 1 N–H and O–H groups in total. The Morgan fingerprint density at radius 2 is 2.33 bits per heavy atom. The minimum Gasteiger partial charge on any atom is -0.301 e. The molecule has 2 atom stereocenters. The lowest BCUT2D eigenvalue weighted by molar-refractivity contribution is 0.529. The van der Waals surface area contributed by atoms with E-state index in [9.17, 15) is 0 Å². The molecule has 1 aromatic rings. The highest BCUT2D eigenvalue weighted by molar-refractivity contribution is 9.10. The first-order valence-corrected chi connectivity index (χ1v) is 7.18. The van der Waals surface area contributed by atoms with Gasteiger partial charge in [0.15, 0.2) is 0 Å². The molecule has 1 nitrogen and oxygen atoms in total. The van der Waals surface area contributed by atoms with Crippen molar-refractivity contribution < 1.29 is 0 Å². The largest absolute Gasteiger partial charge is 0.301 e. The molecule has 82 valence electrons. The summed E-state index contributed by atoms with van der Waals surface area (Å²) in [6, 6.07) is 6.02. The first kappa shape index (κ1) is 11.8. The van der Waals surface area contributed by atoms with Crippen LogP contribution in [0.25, 0.3) is 0 Å². The van der Waals surface area contributed by atoms with Gasteiger partial charge in [0.25, 0.3) is 0 Å². The third kappa shape index (κ3) is 2.90. The molecule has 0 aliphatic carbocycles. The number of benzene rings is 1. The molecule has 1 saturated heterocycles. The molecule has 0 bridgehead atoms. The van der Waals surface area contributed by atoms with Gasteiger partial charge in [-0.3, -0.25) is 0 Å². The molecule has 0 aromatic heterocycles. The van der Waals surface area contributed by atoms with Gasteiger partial charge >= 0.3 is 0 Å². The minimum atomic E-state index is 0.339. The van der Waals surface area contributed by atoms with Crippen LogP contribution in [0.5, 0.6) is 0 Å². The molecule has 1 aromatic carbocycles. The van der Waals surface area contributed by atoms with E-state index in [1.807, 2.05) is 23.9 Å². The first-order valence-electron chi connectivity index (χ1n) is 4.97. The van der Waals surface area contributed by atoms with Crippen molar-refractivity contribution in [3.05, 3.63) is 33.3 Å². The van der Waals surface area contributed by atoms with Crippen molar-refractivity contribution in [1.82, 2.24) is 5.32 Å². The topological polar surface area (TPSA) is 12.0 Å². The van der Waals surface area contributed by atoms with E-state index in [0.717, 1.165) is 22.0 Å². The fourth-order valence-electron chi connectivity index (χ4n) is 1.60. The summed E-state index contributed by atoms with van der Waals surface area (Å²) >= 11 is 11.6. The van der Waals surface area contributed by atoms with E-state index in [-0.39, 0.29) is 0 Å². The second-order valence-corrected chi connectivity index (χ2v) is 6.35. The highest BCUT2D eigenvalue weighted by atomic mass is 79.9. The molecule has 1 aliphatic rings. The van der Waals surface area contributed by atoms with Crippen LogP contribution >= 0.6 is 39.3 Å². The third-order valence-corrected chi connectivity index (χ3v) is 4.79. The van der Waals surface area contributed by atoms with Crippen molar-refractivity contribution in [2.45, 2.75) is 12.3 Å². The van der Waals surface area contributed by atoms with Gasteiger partial charge < -0.3 is 5.32 Å². The Morgan fingerprint density at radius 3 is 3.00 bits per heavy atom. The van der Waals surface area contributed by atoms with Gasteiger partial charge in [-0.15, -0.1) is 11.8 Å². The molecule has 1 fully saturated rings. The Balaban J connectivity index is 2.18. The maximum absolute atomic E-state index is 6.19. The highest BCUT2D eigenvalue weighted by Gasteiger charge is 2.21. The molecule has 1 heterocycles. The number of thioether (sulfide) groups is 1. The molecule has 1 aliphatic heterocycles. The zero-order chi connectivity index (χ0) is 10.8. The predicted molar refractivity (Wildman–Crippen MR) is 71.5 cm³/mol. The highest BCUT2D eigenvalue weighted by Crippen LogP contribution is 2.36. The lowest BCUT2D eigenvalue weighted by Gasteiger charge is -2.28. The van der Waals surface area contributed by atoms with E-state index in [0.29, 0.717) is 5.37 Å². The van der Waals surface area contributed by atoms with Crippen LogP contribution in [-0.2, 0) is 0 Å². The van der Waals surface area contributed by atoms with Crippen LogP contribution in [-0.4, -0.2) is 12.3 Å². The van der Waals surface area contributed by atoms with E-state index in [2.05, 4.69) is 34.2 Å². The van der Waals surface area contributed by atoms with E-state index < -0.39 is 0 Å². The Labute approximate surface area is 108 Å². The molecular formula is C11H13BrClNS. The standard InChI is InChI=1S/C11H13BrClNS/c1-7-5-14-11(15-6-7)9-4-8(12)2-3-10(9)13/h2-4,7,11,14H,5-6H2,1H3. The summed E-state index contributed by atoms with van der Waals surface area (Å²) in [4.78, 5) is 0. The maximum Gasteiger partial charge on any atom is 0.0804 e. The van der Waals surface area contributed by atoms with E-state index in [1.165, 1.54) is 11.3 Å². The first-order chi connectivity index (χ1) is 7.16. The second-order valence-electron chi connectivity index (χ2n) is 3.89. The van der Waals surface area contributed by atoms with Crippen molar-refractivity contribution in [2.24, 2.45) is 5.92 Å². The van der Waals surface area contributed by atoms with Gasteiger partial charge in [-0.2, -0.15) is 0 Å². The van der Waals surface area contributed by atoms with Crippen LogP contribution in [0.1, 0.15) is 17.9 Å². The number of hydrogen-bond donors (Lipinski definition) is 1. The summed E-state index contributed by atoms with van der Waals surface area (Å²) in [6.07, 6.45) is 0. The average molecular weight is 307 g/mol. The van der Waals surface area contributed by atoms with Gasteiger partial charge in [-0.05, 0) is 42.0 Å². The summed E-state index contributed by atoms with van der Waals surface area (Å²) in [6.45, 7) is 3.33. The summed E-state index contributed by atoms with van der Waals surface area (Å²) in [5, 5.41) is 4.70. The summed E-state index contributed by atoms with van der Waals surface area (Å²) < 4.78 is 1.09. The molecule has 0 saturated carbocycles. The van der Waals surface area contributed by atoms with Crippen molar-refractivity contribution in [1.29, 1.82) is 0 Å². The Kier molecular flexibility index (Phi) is 3.99. The van der Waals surface area contributed by atoms with Gasteiger partial charge in [0.1, 0.15) is 0 Å². The minimum absolute atomic E-state index is 0.339. The fraction of sp³-hybridized carbons (Fsp3) is 0.455. The number of nitrogens with one attached hydrogen (secondary N) is 1. The predicted octanol–water partition coefficient (Wildman–Crippen LogP) is 4.07. The van der Waals surface area contributed by atoms with E-state index >= 15 is 0 Å². The summed E-state index contributed by atoms with van der Waals surface area (Å²) in [7, 11) is 0. The molecule has 15 heavy (non-hydrogen) atoms. The van der Waals surface area contributed by atoms with Crippen molar-refractivity contribution in [3.8, 4) is 0 Å². The van der Waals surface area contributed by atoms with Crippen LogP contribution in [0.4, 0.5) is 0 Å². The lowest BCUT2D eigenvalue weighted by Crippen LogP contribution is -2.31. The van der Waals surface area contributed by atoms with Crippen LogP contribution in [0, 0.1) is 5.92 Å². The van der Waals surface area contributed by atoms with Crippen LogP contribution in [0.3, 0.4) is 0 Å². The number of rotatable bonds is 1. The monoisotopic (exact) mass is 305 g/mol. The van der Waals surface area contributed by atoms with Gasteiger partial charge in [-0.1, -0.05) is 34.5 Å². The van der Waals surface area contributed by atoms with Crippen molar-refractivity contribution in [2.75, 3.05) is 12.3 Å². The zero-order valence-corrected chi connectivity index (χ0v) is 11.6. The zero-order valence-electron chi connectivity index (χ0n) is 8.47. The Hall–Kier alpha value is 0.300. The van der Waals surface area contributed by atoms with Gasteiger partial charge in [0, 0.05) is 9.50 Å². The molecule has 0 radical (unpaired) electrons. The summed E-state index contributed by atoms with van der Waals surface area (Å²) in [5.74, 6) is 1.94. The lowest BCUT2D eigenvalue weighted by atomic mass is 10.2. The molecule has 0 spiro atoms. The molecule has 2 unspecified atom stereocenters.